The Morgan fingerprint density at radius 1 is 1.13 bits per heavy atom. The number of allylic oxidation sites excluding steroid dienone is 5. The molecule has 0 spiro atoms. The molecule has 0 aliphatic rings. The fourth-order valence-corrected chi connectivity index (χ4v) is 0.886. The van der Waals surface area contributed by atoms with Crippen LogP contribution in [0.2, 0.25) is 0 Å². The van der Waals surface area contributed by atoms with Crippen LogP contribution in [0.3, 0.4) is 0 Å². The van der Waals surface area contributed by atoms with E-state index in [2.05, 4.69) is 0 Å². The summed E-state index contributed by atoms with van der Waals surface area (Å²) in [5, 5.41) is 0. The van der Waals surface area contributed by atoms with Gasteiger partial charge in [-0.2, -0.15) is 0 Å². The first-order valence-corrected chi connectivity index (χ1v) is 4.98. The number of hydrogen-bond acceptors (Lipinski definition) is 2. The van der Waals surface area contributed by atoms with Crippen molar-refractivity contribution in [3.05, 3.63) is 36.5 Å². The average Bonchev–Trinajstić information content (AvgIpc) is 2.19. The van der Waals surface area contributed by atoms with E-state index in [0.717, 1.165) is 6.42 Å². The second-order valence-corrected chi connectivity index (χ2v) is 3.01. The maximum Gasteiger partial charge on any atom is 0.241 e. The first kappa shape index (κ1) is 13.4. The third-order valence-corrected chi connectivity index (χ3v) is 1.60. The van der Waals surface area contributed by atoms with Crippen LogP contribution in [-0.2, 0) is 9.59 Å². The van der Waals surface area contributed by atoms with E-state index in [1.807, 2.05) is 19.1 Å². The van der Waals surface area contributed by atoms with Crippen molar-refractivity contribution in [2.45, 2.75) is 26.2 Å². The highest BCUT2D eigenvalue weighted by Crippen LogP contribution is 1.94. The van der Waals surface area contributed by atoms with Crippen molar-refractivity contribution in [1.29, 1.82) is 0 Å². The molecule has 0 bridgehead atoms. The van der Waals surface area contributed by atoms with Gasteiger partial charge in [-0.3, -0.25) is 9.59 Å². The summed E-state index contributed by atoms with van der Waals surface area (Å²) in [7, 11) is 0. The smallest absolute Gasteiger partial charge is 0.241 e. The highest BCUT2D eigenvalue weighted by atomic mass is 16.1. The summed E-state index contributed by atoms with van der Waals surface area (Å²) in [6.45, 7) is 2.03. The van der Waals surface area contributed by atoms with E-state index in [1.54, 1.807) is 12.2 Å². The highest BCUT2D eigenvalue weighted by Gasteiger charge is 1.93. The highest BCUT2D eigenvalue weighted by molar-refractivity contribution is 5.90. The molecular weight excluding hydrogens is 190 g/mol. The minimum atomic E-state index is -0.483. The molecule has 0 radical (unpaired) electrons. The zero-order valence-electron chi connectivity index (χ0n) is 8.98. The fraction of sp³-hybridized carbons (Fsp3) is 0.333. The number of amides is 1. The van der Waals surface area contributed by atoms with E-state index in [9.17, 15) is 9.59 Å². The monoisotopic (exact) mass is 207 g/mol. The number of nitrogens with two attached hydrogens (primary N) is 1. The van der Waals surface area contributed by atoms with E-state index in [-0.39, 0.29) is 5.78 Å². The van der Waals surface area contributed by atoms with Crippen LogP contribution in [-0.4, -0.2) is 11.7 Å². The molecule has 0 atom stereocenters. The van der Waals surface area contributed by atoms with Gasteiger partial charge in [-0.25, -0.2) is 0 Å². The van der Waals surface area contributed by atoms with Gasteiger partial charge in [-0.15, -0.1) is 0 Å². The van der Waals surface area contributed by atoms with Crippen LogP contribution in [0.25, 0.3) is 0 Å². The van der Waals surface area contributed by atoms with Crippen LogP contribution in [0.15, 0.2) is 36.5 Å². The van der Waals surface area contributed by atoms with Crippen molar-refractivity contribution >= 4 is 11.7 Å². The first-order chi connectivity index (χ1) is 7.16. The SMILES string of the molecule is CCC=CC=CC(=O)CCC=CC(N)=O. The summed E-state index contributed by atoms with van der Waals surface area (Å²) < 4.78 is 0. The molecule has 3 heteroatoms. The van der Waals surface area contributed by atoms with Gasteiger partial charge in [0.05, 0.1) is 0 Å². The minimum Gasteiger partial charge on any atom is -0.366 e. The Kier molecular flexibility index (Phi) is 7.96. The zero-order chi connectivity index (χ0) is 11.5. The number of ketones is 1. The number of carbonyl (C=O) groups excluding carboxylic acids is 2. The summed E-state index contributed by atoms with van der Waals surface area (Å²) >= 11 is 0. The second-order valence-electron chi connectivity index (χ2n) is 3.01. The molecule has 0 aromatic rings. The minimum absolute atomic E-state index is 0.0462. The quantitative estimate of drug-likeness (QED) is 0.512. The number of rotatable bonds is 7. The molecule has 0 fully saturated rings. The third-order valence-electron chi connectivity index (χ3n) is 1.60. The average molecular weight is 207 g/mol. The number of hydrogen-bond donors (Lipinski definition) is 1. The van der Waals surface area contributed by atoms with E-state index in [0.29, 0.717) is 12.8 Å². The van der Waals surface area contributed by atoms with Crippen LogP contribution in [0, 0.1) is 0 Å². The number of primary amides is 1. The zero-order valence-corrected chi connectivity index (χ0v) is 8.98. The van der Waals surface area contributed by atoms with Crippen LogP contribution in [0.4, 0.5) is 0 Å². The molecule has 0 saturated heterocycles. The predicted molar refractivity (Wildman–Crippen MR) is 61.1 cm³/mol. The van der Waals surface area contributed by atoms with Gasteiger partial charge in [-0.05, 0) is 25.0 Å². The second kappa shape index (κ2) is 8.94. The fourth-order valence-electron chi connectivity index (χ4n) is 0.886. The summed E-state index contributed by atoms with van der Waals surface area (Å²) in [4.78, 5) is 21.5. The van der Waals surface area contributed by atoms with Crippen molar-refractivity contribution in [2.75, 3.05) is 0 Å². The van der Waals surface area contributed by atoms with E-state index in [4.69, 9.17) is 5.73 Å². The van der Waals surface area contributed by atoms with Gasteiger partial charge in [-0.1, -0.05) is 31.2 Å². The molecule has 0 saturated carbocycles. The van der Waals surface area contributed by atoms with E-state index >= 15 is 0 Å². The summed E-state index contributed by atoms with van der Waals surface area (Å²) in [6, 6.07) is 0. The van der Waals surface area contributed by atoms with E-state index in [1.165, 1.54) is 12.2 Å². The lowest BCUT2D eigenvalue weighted by atomic mass is 10.2. The Morgan fingerprint density at radius 2 is 1.87 bits per heavy atom. The number of carbonyl (C=O) groups is 2. The topological polar surface area (TPSA) is 60.2 Å². The molecule has 0 heterocycles. The maximum absolute atomic E-state index is 11.2. The lowest BCUT2D eigenvalue weighted by Crippen LogP contribution is -2.05. The van der Waals surface area contributed by atoms with Gasteiger partial charge < -0.3 is 5.73 Å². The maximum atomic E-state index is 11.2. The van der Waals surface area contributed by atoms with Crippen LogP contribution >= 0.6 is 0 Å². The Morgan fingerprint density at radius 3 is 2.47 bits per heavy atom. The molecule has 0 aromatic carbocycles. The summed E-state index contributed by atoms with van der Waals surface area (Å²) in [6.07, 6.45) is 11.9. The Bertz CT molecular complexity index is 288. The summed E-state index contributed by atoms with van der Waals surface area (Å²) in [5.74, 6) is -0.436. The standard InChI is InChI=1S/C12H17NO2/c1-2-3-4-5-8-11(14)9-6-7-10-12(13)15/h3-5,7-8,10H,2,6,9H2,1H3,(H2,13,15). The molecule has 15 heavy (non-hydrogen) atoms. The Hall–Kier alpha value is -1.64. The molecule has 0 aliphatic heterocycles. The lowest BCUT2D eigenvalue weighted by Gasteiger charge is -1.88. The molecule has 0 unspecified atom stereocenters. The molecule has 3 nitrogen and oxygen atoms in total. The lowest BCUT2D eigenvalue weighted by molar-refractivity contribution is -0.115. The van der Waals surface area contributed by atoms with Crippen molar-refractivity contribution in [2.24, 2.45) is 5.73 Å². The van der Waals surface area contributed by atoms with Crippen LogP contribution in [0.5, 0.6) is 0 Å². The van der Waals surface area contributed by atoms with Crippen molar-refractivity contribution in [1.82, 2.24) is 0 Å². The van der Waals surface area contributed by atoms with Crippen LogP contribution in [0.1, 0.15) is 26.2 Å². The molecule has 1 amide bonds. The Balaban J connectivity index is 3.71. The largest absolute Gasteiger partial charge is 0.366 e. The molecular formula is C12H17NO2. The molecule has 0 aliphatic carbocycles. The molecule has 2 N–H and O–H groups in total. The first-order valence-electron chi connectivity index (χ1n) is 4.98. The van der Waals surface area contributed by atoms with Gasteiger partial charge in [0, 0.05) is 6.42 Å². The van der Waals surface area contributed by atoms with E-state index < -0.39 is 5.91 Å². The van der Waals surface area contributed by atoms with Crippen molar-refractivity contribution in [3.63, 3.8) is 0 Å². The molecule has 82 valence electrons. The van der Waals surface area contributed by atoms with Crippen LogP contribution < -0.4 is 5.73 Å². The summed E-state index contributed by atoms with van der Waals surface area (Å²) in [5.41, 5.74) is 4.89. The predicted octanol–water partition coefficient (Wildman–Crippen LogP) is 1.90. The van der Waals surface area contributed by atoms with Gasteiger partial charge in [0.25, 0.3) is 0 Å². The van der Waals surface area contributed by atoms with Crippen molar-refractivity contribution in [3.8, 4) is 0 Å². The molecule has 0 aromatic heterocycles. The van der Waals surface area contributed by atoms with Gasteiger partial charge >= 0.3 is 0 Å². The Labute approximate surface area is 90.3 Å². The van der Waals surface area contributed by atoms with Gasteiger partial charge in [0.1, 0.15) is 0 Å². The van der Waals surface area contributed by atoms with Gasteiger partial charge in [0.15, 0.2) is 5.78 Å². The third kappa shape index (κ3) is 10.3. The molecule has 0 rings (SSSR count). The normalized spacial score (nSPS) is 11.8. The van der Waals surface area contributed by atoms with Gasteiger partial charge in [0.2, 0.25) is 5.91 Å². The van der Waals surface area contributed by atoms with Crippen molar-refractivity contribution < 1.29 is 9.59 Å².